The average Bonchev–Trinajstić information content (AvgIpc) is 2.57. The number of allylic oxidation sites excluding steroid dienone is 1. The molecule has 0 heterocycles. The number of hydrogen-bond acceptors (Lipinski definition) is 5. The van der Waals surface area contributed by atoms with Crippen LogP contribution in [0.3, 0.4) is 0 Å². The van der Waals surface area contributed by atoms with Gasteiger partial charge in [-0.25, -0.2) is 4.79 Å². The third-order valence-electron chi connectivity index (χ3n) is 3.28. The predicted molar refractivity (Wildman–Crippen MR) is 89.0 cm³/mol. The number of amides is 2. The molecule has 0 saturated carbocycles. The molecule has 1 rings (SSSR count). The summed E-state index contributed by atoms with van der Waals surface area (Å²) in [6.07, 6.45) is 3.38. The van der Waals surface area contributed by atoms with E-state index in [2.05, 4.69) is 10.6 Å². The molecule has 0 bridgehead atoms. The van der Waals surface area contributed by atoms with Gasteiger partial charge in [-0.1, -0.05) is 18.2 Å². The van der Waals surface area contributed by atoms with Crippen molar-refractivity contribution in [3.8, 4) is 0 Å². The molecule has 25 heavy (non-hydrogen) atoms. The van der Waals surface area contributed by atoms with Crippen LogP contribution in [0.4, 0.5) is 5.69 Å². The molecule has 9 heteroatoms. The molecule has 9 nitrogen and oxygen atoms in total. The number of carboxylic acids is 1. The van der Waals surface area contributed by atoms with E-state index in [-0.39, 0.29) is 17.7 Å². The van der Waals surface area contributed by atoms with Gasteiger partial charge in [0.05, 0.1) is 4.92 Å². The zero-order chi connectivity index (χ0) is 19.0. The molecular weight excluding hydrogens is 330 g/mol. The van der Waals surface area contributed by atoms with E-state index >= 15 is 0 Å². The van der Waals surface area contributed by atoms with E-state index in [1.807, 2.05) is 0 Å². The second-order valence-corrected chi connectivity index (χ2v) is 5.21. The molecule has 134 valence electrons. The number of nitro benzene ring substituents is 1. The number of non-ortho nitro benzene ring substituents is 1. The Labute approximate surface area is 143 Å². The van der Waals surface area contributed by atoms with Gasteiger partial charge in [-0.2, -0.15) is 0 Å². The highest BCUT2D eigenvalue weighted by atomic mass is 16.6. The van der Waals surface area contributed by atoms with Gasteiger partial charge in [-0.05, 0) is 26.3 Å². The van der Waals surface area contributed by atoms with Crippen LogP contribution in [0.5, 0.6) is 0 Å². The van der Waals surface area contributed by atoms with Gasteiger partial charge in [0.2, 0.25) is 5.91 Å². The number of hydrogen-bond donors (Lipinski definition) is 3. The Morgan fingerprint density at radius 2 is 2.00 bits per heavy atom. The Bertz CT molecular complexity index is 701. The number of rotatable bonds is 8. The van der Waals surface area contributed by atoms with Crippen LogP contribution in [0.2, 0.25) is 0 Å². The first-order valence-electron chi connectivity index (χ1n) is 7.46. The SMILES string of the molecule is C/C=C/CC(NC(=O)C(C)NC(=O)c1cccc([N+](=O)[O-])c1)C(=O)O. The second kappa shape index (κ2) is 9.16. The number of nitro groups is 1. The van der Waals surface area contributed by atoms with Crippen molar-refractivity contribution in [1.29, 1.82) is 0 Å². The van der Waals surface area contributed by atoms with Gasteiger partial charge in [-0.3, -0.25) is 19.7 Å². The standard InChI is InChI=1S/C16H19N3O6/c1-3-4-8-13(16(22)23)18-14(20)10(2)17-15(21)11-6-5-7-12(9-11)19(24)25/h3-7,9-10,13H,8H2,1-2H3,(H,17,21)(H,18,20)(H,22,23)/b4-3+. The van der Waals surface area contributed by atoms with Gasteiger partial charge in [0.1, 0.15) is 12.1 Å². The monoisotopic (exact) mass is 349 g/mol. The van der Waals surface area contributed by atoms with E-state index in [0.29, 0.717) is 0 Å². The minimum atomic E-state index is -1.19. The van der Waals surface area contributed by atoms with E-state index in [9.17, 15) is 24.5 Å². The minimum Gasteiger partial charge on any atom is -0.480 e. The highest BCUT2D eigenvalue weighted by Crippen LogP contribution is 2.13. The van der Waals surface area contributed by atoms with Crippen LogP contribution in [-0.4, -0.2) is 39.9 Å². The maximum atomic E-state index is 12.1. The molecule has 2 unspecified atom stereocenters. The number of carbonyl (C=O) groups excluding carboxylic acids is 2. The van der Waals surface area contributed by atoms with Crippen LogP contribution in [0.15, 0.2) is 36.4 Å². The number of benzene rings is 1. The molecule has 3 N–H and O–H groups in total. The van der Waals surface area contributed by atoms with Gasteiger partial charge in [0.25, 0.3) is 11.6 Å². The lowest BCUT2D eigenvalue weighted by molar-refractivity contribution is -0.384. The number of nitrogens with one attached hydrogen (secondary N) is 2. The van der Waals surface area contributed by atoms with Crippen LogP contribution < -0.4 is 10.6 Å². The highest BCUT2D eigenvalue weighted by Gasteiger charge is 2.23. The molecule has 0 radical (unpaired) electrons. The Morgan fingerprint density at radius 1 is 1.32 bits per heavy atom. The highest BCUT2D eigenvalue weighted by molar-refractivity contribution is 5.98. The third-order valence-corrected chi connectivity index (χ3v) is 3.28. The molecule has 2 amide bonds. The Hall–Kier alpha value is -3.23. The lowest BCUT2D eigenvalue weighted by Gasteiger charge is -2.18. The summed E-state index contributed by atoms with van der Waals surface area (Å²) in [6, 6.07) is 2.94. The van der Waals surface area contributed by atoms with Crippen LogP contribution in [0.1, 0.15) is 30.6 Å². The first-order chi connectivity index (χ1) is 11.8. The summed E-state index contributed by atoms with van der Waals surface area (Å²) < 4.78 is 0. The lowest BCUT2D eigenvalue weighted by Crippen LogP contribution is -2.50. The summed E-state index contributed by atoms with van der Waals surface area (Å²) in [5.41, 5.74) is -0.223. The first kappa shape index (κ1) is 19.8. The maximum Gasteiger partial charge on any atom is 0.326 e. The Kier molecular flexibility index (Phi) is 7.26. The van der Waals surface area contributed by atoms with Crippen LogP contribution in [0, 0.1) is 10.1 Å². The smallest absolute Gasteiger partial charge is 0.326 e. The van der Waals surface area contributed by atoms with Crippen LogP contribution in [0.25, 0.3) is 0 Å². The molecular formula is C16H19N3O6. The number of nitrogens with zero attached hydrogens (tertiary/aromatic N) is 1. The molecule has 0 fully saturated rings. The van der Waals surface area contributed by atoms with Crippen molar-refractivity contribution in [3.05, 3.63) is 52.1 Å². The molecule has 0 aliphatic carbocycles. The van der Waals surface area contributed by atoms with Crippen molar-refractivity contribution in [2.24, 2.45) is 0 Å². The average molecular weight is 349 g/mol. The van der Waals surface area contributed by atoms with E-state index in [0.717, 1.165) is 6.07 Å². The first-order valence-corrected chi connectivity index (χ1v) is 7.46. The van der Waals surface area contributed by atoms with Crippen LogP contribution in [-0.2, 0) is 9.59 Å². The summed E-state index contributed by atoms with van der Waals surface area (Å²) in [5.74, 6) is -2.54. The van der Waals surface area contributed by atoms with Gasteiger partial charge >= 0.3 is 5.97 Å². The Balaban J connectivity index is 2.73. The van der Waals surface area contributed by atoms with Crippen molar-refractivity contribution >= 4 is 23.5 Å². The summed E-state index contributed by atoms with van der Waals surface area (Å²) >= 11 is 0. The molecule has 0 aromatic heterocycles. The van der Waals surface area contributed by atoms with E-state index in [1.165, 1.54) is 25.1 Å². The summed E-state index contributed by atoms with van der Waals surface area (Å²) in [6.45, 7) is 3.11. The fourth-order valence-corrected chi connectivity index (χ4v) is 1.90. The zero-order valence-electron chi connectivity index (χ0n) is 13.8. The molecule has 1 aromatic carbocycles. The topological polar surface area (TPSA) is 139 Å². The van der Waals surface area contributed by atoms with Gasteiger partial charge in [0.15, 0.2) is 0 Å². The van der Waals surface area contributed by atoms with Crippen molar-refractivity contribution in [2.45, 2.75) is 32.4 Å². The molecule has 0 spiro atoms. The minimum absolute atomic E-state index is 0.0255. The fourth-order valence-electron chi connectivity index (χ4n) is 1.90. The van der Waals surface area contributed by atoms with E-state index in [4.69, 9.17) is 5.11 Å². The third kappa shape index (κ3) is 6.05. The summed E-state index contributed by atoms with van der Waals surface area (Å²) in [5, 5.41) is 24.5. The quantitative estimate of drug-likeness (QED) is 0.367. The summed E-state index contributed by atoms with van der Waals surface area (Å²) in [7, 11) is 0. The predicted octanol–water partition coefficient (Wildman–Crippen LogP) is 1.25. The van der Waals surface area contributed by atoms with Gasteiger partial charge in [0, 0.05) is 17.7 Å². The molecule has 1 aromatic rings. The number of carboxylic acid groups (broad SMARTS) is 1. The lowest BCUT2D eigenvalue weighted by atomic mass is 10.1. The molecule has 0 aliphatic heterocycles. The normalized spacial score (nSPS) is 13.0. The fraction of sp³-hybridized carbons (Fsp3) is 0.312. The van der Waals surface area contributed by atoms with Crippen molar-refractivity contribution in [3.63, 3.8) is 0 Å². The molecule has 0 saturated heterocycles. The second-order valence-electron chi connectivity index (χ2n) is 5.21. The zero-order valence-corrected chi connectivity index (χ0v) is 13.8. The number of carbonyl (C=O) groups is 3. The van der Waals surface area contributed by atoms with Gasteiger partial charge < -0.3 is 15.7 Å². The van der Waals surface area contributed by atoms with E-state index < -0.39 is 34.8 Å². The van der Waals surface area contributed by atoms with Crippen LogP contribution >= 0.6 is 0 Å². The molecule has 2 atom stereocenters. The van der Waals surface area contributed by atoms with Crippen molar-refractivity contribution in [1.82, 2.24) is 10.6 Å². The Morgan fingerprint density at radius 3 is 2.56 bits per heavy atom. The maximum absolute atomic E-state index is 12.1. The van der Waals surface area contributed by atoms with Gasteiger partial charge in [-0.15, -0.1) is 0 Å². The summed E-state index contributed by atoms with van der Waals surface area (Å²) in [4.78, 5) is 45.3. The van der Waals surface area contributed by atoms with Crippen molar-refractivity contribution in [2.75, 3.05) is 0 Å². The largest absolute Gasteiger partial charge is 0.480 e. The van der Waals surface area contributed by atoms with Crippen molar-refractivity contribution < 1.29 is 24.4 Å². The molecule has 0 aliphatic rings. The van der Waals surface area contributed by atoms with E-state index in [1.54, 1.807) is 19.1 Å². The number of aliphatic carboxylic acids is 1.